The number of hydrogen-bond donors (Lipinski definition) is 2. The molecule has 1 amide bonds. The molecule has 0 bridgehead atoms. The molecule has 2 aromatic carbocycles. The maximum absolute atomic E-state index is 12.6. The van der Waals surface area contributed by atoms with Crippen molar-refractivity contribution in [3.8, 4) is 22.4 Å². The second kappa shape index (κ2) is 8.16. The van der Waals surface area contributed by atoms with E-state index in [1.54, 1.807) is 0 Å². The lowest BCUT2D eigenvalue weighted by molar-refractivity contribution is -0.162. The van der Waals surface area contributed by atoms with E-state index in [1.807, 2.05) is 78.4 Å². The number of esters is 1. The standard InChI is InChI=1S/C24H24N2O4/c1-15(20-12-18(27)13-21(28)30-20)26-14-19(16-8-4-2-5-9-16)22(24(25)29)23(26)17-10-6-3-7-11-17/h2-11,14-15,18,20,27H,12-13H2,1H3,(H2,25,29). The van der Waals surface area contributed by atoms with Gasteiger partial charge in [0.25, 0.3) is 5.91 Å². The Bertz CT molecular complexity index is 1060. The predicted molar refractivity (Wildman–Crippen MR) is 114 cm³/mol. The van der Waals surface area contributed by atoms with Gasteiger partial charge in [-0.25, -0.2) is 0 Å². The minimum absolute atomic E-state index is 0.00222. The molecule has 1 aliphatic rings. The van der Waals surface area contributed by atoms with Crippen LogP contribution in [0.4, 0.5) is 0 Å². The number of amides is 1. The van der Waals surface area contributed by atoms with Crippen LogP contribution in [0.15, 0.2) is 66.9 Å². The molecule has 1 aromatic heterocycles. The van der Waals surface area contributed by atoms with Gasteiger partial charge in [0, 0.05) is 18.2 Å². The Morgan fingerprint density at radius 1 is 1.10 bits per heavy atom. The number of carbonyl (C=O) groups is 2. The van der Waals surface area contributed by atoms with Gasteiger partial charge in [0.15, 0.2) is 0 Å². The highest BCUT2D eigenvalue weighted by molar-refractivity contribution is 6.06. The fourth-order valence-electron chi connectivity index (χ4n) is 4.10. The smallest absolute Gasteiger partial charge is 0.308 e. The van der Waals surface area contributed by atoms with Crippen LogP contribution >= 0.6 is 0 Å². The van der Waals surface area contributed by atoms with E-state index in [0.717, 1.165) is 16.7 Å². The van der Waals surface area contributed by atoms with Crippen molar-refractivity contribution in [2.75, 3.05) is 0 Å². The molecule has 3 atom stereocenters. The zero-order valence-corrected chi connectivity index (χ0v) is 16.7. The zero-order chi connectivity index (χ0) is 21.3. The molecule has 6 heteroatoms. The third kappa shape index (κ3) is 3.74. The Labute approximate surface area is 174 Å². The Morgan fingerprint density at radius 3 is 2.27 bits per heavy atom. The molecular weight excluding hydrogens is 380 g/mol. The number of carbonyl (C=O) groups excluding carboxylic acids is 2. The normalized spacial score (nSPS) is 19.9. The lowest BCUT2D eigenvalue weighted by Gasteiger charge is -2.32. The number of hydrogen-bond acceptors (Lipinski definition) is 4. The van der Waals surface area contributed by atoms with Crippen LogP contribution in [0.1, 0.15) is 36.2 Å². The summed E-state index contributed by atoms with van der Waals surface area (Å²) < 4.78 is 7.48. The fraction of sp³-hybridized carbons (Fsp3) is 0.250. The van der Waals surface area contributed by atoms with Gasteiger partial charge in [-0.15, -0.1) is 0 Å². The van der Waals surface area contributed by atoms with Crippen LogP contribution < -0.4 is 5.73 Å². The predicted octanol–water partition coefficient (Wildman–Crippen LogP) is 3.55. The summed E-state index contributed by atoms with van der Waals surface area (Å²) >= 11 is 0. The fourth-order valence-corrected chi connectivity index (χ4v) is 4.10. The first-order chi connectivity index (χ1) is 14.5. The molecule has 2 heterocycles. The Hall–Kier alpha value is -3.38. The monoisotopic (exact) mass is 404 g/mol. The van der Waals surface area contributed by atoms with Crippen molar-refractivity contribution >= 4 is 11.9 Å². The van der Waals surface area contributed by atoms with Crippen LogP contribution in [0.5, 0.6) is 0 Å². The second-order valence-electron chi connectivity index (χ2n) is 7.63. The highest BCUT2D eigenvalue weighted by atomic mass is 16.5. The maximum atomic E-state index is 12.6. The molecule has 3 unspecified atom stereocenters. The van der Waals surface area contributed by atoms with Crippen molar-refractivity contribution in [1.29, 1.82) is 0 Å². The van der Waals surface area contributed by atoms with Gasteiger partial charge in [-0.1, -0.05) is 60.7 Å². The number of nitrogens with two attached hydrogens (primary N) is 1. The molecular formula is C24H24N2O4. The zero-order valence-electron chi connectivity index (χ0n) is 16.7. The number of nitrogens with zero attached hydrogens (tertiary/aromatic N) is 1. The third-order valence-electron chi connectivity index (χ3n) is 5.58. The van der Waals surface area contributed by atoms with Gasteiger partial charge in [0.2, 0.25) is 0 Å². The molecule has 1 aliphatic heterocycles. The van der Waals surface area contributed by atoms with Gasteiger partial charge in [0.05, 0.1) is 29.8 Å². The van der Waals surface area contributed by atoms with Crippen LogP contribution in [0.3, 0.4) is 0 Å². The van der Waals surface area contributed by atoms with Crippen LogP contribution in [-0.4, -0.2) is 33.8 Å². The molecule has 6 nitrogen and oxygen atoms in total. The maximum Gasteiger partial charge on any atom is 0.308 e. The molecule has 0 saturated carbocycles. The summed E-state index contributed by atoms with van der Waals surface area (Å²) in [6.45, 7) is 1.92. The first kappa shape index (κ1) is 19.9. The van der Waals surface area contributed by atoms with Crippen molar-refractivity contribution < 1.29 is 19.4 Å². The molecule has 154 valence electrons. The van der Waals surface area contributed by atoms with Gasteiger partial charge < -0.3 is 20.1 Å². The van der Waals surface area contributed by atoms with Crippen LogP contribution in [0, 0.1) is 0 Å². The number of aliphatic hydroxyl groups excluding tert-OH is 1. The molecule has 1 saturated heterocycles. The van der Waals surface area contributed by atoms with Crippen LogP contribution in [0.2, 0.25) is 0 Å². The Kier molecular flexibility index (Phi) is 5.42. The number of cyclic esters (lactones) is 1. The summed E-state index contributed by atoms with van der Waals surface area (Å²) in [5.74, 6) is -0.947. The van der Waals surface area contributed by atoms with Crippen molar-refractivity contribution in [2.24, 2.45) is 5.73 Å². The first-order valence-corrected chi connectivity index (χ1v) is 9.98. The molecule has 0 radical (unpaired) electrons. The van der Waals surface area contributed by atoms with Gasteiger partial charge in [0.1, 0.15) is 6.10 Å². The largest absolute Gasteiger partial charge is 0.460 e. The minimum atomic E-state index is -0.737. The lowest BCUT2D eigenvalue weighted by Crippen LogP contribution is -2.37. The highest BCUT2D eigenvalue weighted by Crippen LogP contribution is 2.38. The molecule has 0 spiro atoms. The molecule has 0 aliphatic carbocycles. The summed E-state index contributed by atoms with van der Waals surface area (Å²) in [4.78, 5) is 24.5. The number of aliphatic hydroxyl groups is 1. The van der Waals surface area contributed by atoms with Gasteiger partial charge in [-0.05, 0) is 18.1 Å². The summed E-state index contributed by atoms with van der Waals surface area (Å²) in [5, 5.41) is 10.1. The van der Waals surface area contributed by atoms with Crippen LogP contribution in [0.25, 0.3) is 22.4 Å². The molecule has 3 N–H and O–H groups in total. The average Bonchev–Trinajstić information content (AvgIpc) is 3.15. The van der Waals surface area contributed by atoms with Crippen molar-refractivity contribution in [3.63, 3.8) is 0 Å². The van der Waals surface area contributed by atoms with Crippen LogP contribution in [-0.2, 0) is 9.53 Å². The summed E-state index contributed by atoms with van der Waals surface area (Å²) in [6, 6.07) is 18.8. The lowest BCUT2D eigenvalue weighted by atomic mass is 9.98. The molecule has 30 heavy (non-hydrogen) atoms. The van der Waals surface area contributed by atoms with E-state index in [4.69, 9.17) is 10.5 Å². The van der Waals surface area contributed by atoms with Gasteiger partial charge >= 0.3 is 5.97 Å². The van der Waals surface area contributed by atoms with E-state index >= 15 is 0 Å². The summed E-state index contributed by atoms with van der Waals surface area (Å²) in [6.07, 6.45) is 0.977. The van der Waals surface area contributed by atoms with E-state index in [9.17, 15) is 14.7 Å². The number of rotatable bonds is 5. The van der Waals surface area contributed by atoms with Gasteiger partial charge in [-0.3, -0.25) is 9.59 Å². The van der Waals surface area contributed by atoms with Gasteiger partial charge in [-0.2, -0.15) is 0 Å². The SMILES string of the molecule is CC(C1CC(O)CC(=O)O1)n1cc(-c2ccccc2)c(C(N)=O)c1-c1ccccc1. The topological polar surface area (TPSA) is 94.6 Å². The second-order valence-corrected chi connectivity index (χ2v) is 7.63. The minimum Gasteiger partial charge on any atom is -0.460 e. The van der Waals surface area contributed by atoms with E-state index in [-0.39, 0.29) is 12.5 Å². The van der Waals surface area contributed by atoms with E-state index in [1.165, 1.54) is 0 Å². The molecule has 1 fully saturated rings. The van der Waals surface area contributed by atoms with Crippen molar-refractivity contribution in [1.82, 2.24) is 4.57 Å². The quantitative estimate of drug-likeness (QED) is 0.636. The highest BCUT2D eigenvalue weighted by Gasteiger charge is 2.34. The molecule has 3 aromatic rings. The summed E-state index contributed by atoms with van der Waals surface area (Å²) in [5.41, 5.74) is 9.36. The Morgan fingerprint density at radius 2 is 1.70 bits per heavy atom. The number of ether oxygens (including phenoxy) is 1. The third-order valence-corrected chi connectivity index (χ3v) is 5.58. The van der Waals surface area contributed by atoms with E-state index in [0.29, 0.717) is 17.7 Å². The number of benzene rings is 2. The first-order valence-electron chi connectivity index (χ1n) is 9.98. The number of primary amides is 1. The Balaban J connectivity index is 1.91. The number of aromatic nitrogens is 1. The van der Waals surface area contributed by atoms with Crippen molar-refractivity contribution in [2.45, 2.75) is 38.0 Å². The average molecular weight is 404 g/mol. The van der Waals surface area contributed by atoms with E-state index in [2.05, 4.69) is 0 Å². The molecule has 4 rings (SSSR count). The van der Waals surface area contributed by atoms with E-state index < -0.39 is 24.1 Å². The van der Waals surface area contributed by atoms with Crippen molar-refractivity contribution in [3.05, 3.63) is 72.4 Å². The summed E-state index contributed by atoms with van der Waals surface area (Å²) in [7, 11) is 0.